The Hall–Kier alpha value is -2.24. The Labute approximate surface area is 168 Å². The van der Waals surface area contributed by atoms with Crippen molar-refractivity contribution in [1.29, 1.82) is 0 Å². The number of ether oxygens (including phenoxy) is 3. The van der Waals surface area contributed by atoms with Crippen molar-refractivity contribution in [3.05, 3.63) is 53.6 Å². The summed E-state index contributed by atoms with van der Waals surface area (Å²) in [7, 11) is 4.97. The van der Waals surface area contributed by atoms with Crippen molar-refractivity contribution < 1.29 is 19.1 Å². The average Bonchev–Trinajstić information content (AvgIpc) is 2.77. The molecule has 0 saturated carbocycles. The summed E-state index contributed by atoms with van der Waals surface area (Å²) in [5.41, 5.74) is 2.63. The van der Waals surface area contributed by atoms with E-state index in [0.29, 0.717) is 11.8 Å². The summed E-state index contributed by atoms with van der Waals surface area (Å²) in [6.45, 7) is 8.08. The van der Waals surface area contributed by atoms with Crippen molar-refractivity contribution in [2.75, 3.05) is 54.1 Å². The fourth-order valence-corrected chi connectivity index (χ4v) is 4.02. The molecule has 0 spiro atoms. The van der Waals surface area contributed by atoms with Crippen molar-refractivity contribution >= 4 is 0 Å². The molecule has 2 aromatic rings. The predicted molar refractivity (Wildman–Crippen MR) is 112 cm³/mol. The molecule has 28 heavy (non-hydrogen) atoms. The van der Waals surface area contributed by atoms with E-state index in [2.05, 4.69) is 54.3 Å². The van der Waals surface area contributed by atoms with Crippen LogP contribution in [0.4, 0.5) is 0 Å². The molecule has 0 aromatic heterocycles. The first-order valence-electron chi connectivity index (χ1n) is 10.1. The number of nitrogens with one attached hydrogen (secondary N) is 1. The SMILES string of the molecule is COc1cc(CC[NH+]2CCN(C(C)c3ccccc3)CC2)cc(OC)c1OC. The van der Waals surface area contributed by atoms with Gasteiger partial charge >= 0.3 is 0 Å². The molecule has 1 saturated heterocycles. The number of hydrogen-bond acceptors (Lipinski definition) is 4. The van der Waals surface area contributed by atoms with Gasteiger partial charge in [-0.3, -0.25) is 4.90 Å². The lowest BCUT2D eigenvalue weighted by molar-refractivity contribution is -0.904. The van der Waals surface area contributed by atoms with Crippen LogP contribution in [0.5, 0.6) is 17.2 Å². The molecule has 1 N–H and O–H groups in total. The molecule has 152 valence electrons. The lowest BCUT2D eigenvalue weighted by atomic mass is 10.1. The Kier molecular flexibility index (Phi) is 7.18. The van der Waals surface area contributed by atoms with Gasteiger partial charge in [-0.1, -0.05) is 30.3 Å². The molecule has 0 bridgehead atoms. The van der Waals surface area contributed by atoms with Gasteiger partial charge in [0.1, 0.15) is 0 Å². The zero-order valence-electron chi connectivity index (χ0n) is 17.5. The van der Waals surface area contributed by atoms with Crippen LogP contribution < -0.4 is 19.1 Å². The molecule has 1 heterocycles. The standard InChI is InChI=1S/C23H32N2O3/c1-18(20-8-6-5-7-9-20)25-14-12-24(13-15-25)11-10-19-16-21(26-2)23(28-4)22(17-19)27-3/h5-9,16-18H,10-15H2,1-4H3/p+1. The van der Waals surface area contributed by atoms with Crippen LogP contribution in [0.15, 0.2) is 42.5 Å². The second-order valence-corrected chi connectivity index (χ2v) is 7.41. The van der Waals surface area contributed by atoms with Gasteiger partial charge in [-0.2, -0.15) is 0 Å². The summed E-state index contributed by atoms with van der Waals surface area (Å²) in [5.74, 6) is 2.12. The van der Waals surface area contributed by atoms with E-state index < -0.39 is 0 Å². The fourth-order valence-electron chi connectivity index (χ4n) is 4.02. The maximum Gasteiger partial charge on any atom is 0.203 e. The third-order valence-corrected chi connectivity index (χ3v) is 5.83. The molecule has 1 aliphatic heterocycles. The van der Waals surface area contributed by atoms with Gasteiger partial charge in [-0.15, -0.1) is 0 Å². The molecule has 0 radical (unpaired) electrons. The van der Waals surface area contributed by atoms with E-state index in [0.717, 1.165) is 37.6 Å². The van der Waals surface area contributed by atoms with E-state index in [1.807, 2.05) is 0 Å². The predicted octanol–water partition coefficient (Wildman–Crippen LogP) is 2.22. The van der Waals surface area contributed by atoms with Crippen LogP contribution in [-0.4, -0.2) is 59.0 Å². The molecule has 1 unspecified atom stereocenters. The molecule has 1 aliphatic rings. The smallest absolute Gasteiger partial charge is 0.203 e. The summed E-state index contributed by atoms with van der Waals surface area (Å²) >= 11 is 0. The van der Waals surface area contributed by atoms with E-state index in [1.54, 1.807) is 26.2 Å². The molecule has 2 aromatic carbocycles. The highest BCUT2D eigenvalue weighted by Crippen LogP contribution is 2.38. The van der Waals surface area contributed by atoms with Gasteiger partial charge in [0.15, 0.2) is 11.5 Å². The highest BCUT2D eigenvalue weighted by Gasteiger charge is 2.24. The lowest BCUT2D eigenvalue weighted by Crippen LogP contribution is -3.15. The zero-order valence-corrected chi connectivity index (χ0v) is 17.5. The van der Waals surface area contributed by atoms with Crippen LogP contribution in [0, 0.1) is 0 Å². The van der Waals surface area contributed by atoms with Gasteiger partial charge in [0.25, 0.3) is 0 Å². The number of methoxy groups -OCH3 is 3. The molecule has 0 aliphatic carbocycles. The monoisotopic (exact) mass is 385 g/mol. The van der Waals surface area contributed by atoms with Crippen LogP contribution in [-0.2, 0) is 6.42 Å². The summed E-state index contributed by atoms with van der Waals surface area (Å²) in [6.07, 6.45) is 1.00. The van der Waals surface area contributed by atoms with E-state index in [4.69, 9.17) is 14.2 Å². The Morgan fingerprint density at radius 1 is 0.929 bits per heavy atom. The zero-order chi connectivity index (χ0) is 19.9. The molecule has 3 rings (SSSR count). The minimum atomic E-state index is 0.484. The van der Waals surface area contributed by atoms with Crippen molar-refractivity contribution in [3.63, 3.8) is 0 Å². The number of benzene rings is 2. The third kappa shape index (κ3) is 4.78. The first kappa shape index (κ1) is 20.5. The minimum absolute atomic E-state index is 0.484. The van der Waals surface area contributed by atoms with Gasteiger partial charge in [0.05, 0.1) is 41.0 Å². The van der Waals surface area contributed by atoms with E-state index >= 15 is 0 Å². The van der Waals surface area contributed by atoms with Crippen molar-refractivity contribution in [1.82, 2.24) is 4.90 Å². The lowest BCUT2D eigenvalue weighted by Gasteiger charge is -2.36. The molecular formula is C23H33N2O3+. The molecule has 0 amide bonds. The first-order valence-corrected chi connectivity index (χ1v) is 10.1. The molecule has 5 nitrogen and oxygen atoms in total. The van der Waals surface area contributed by atoms with Gasteiger partial charge in [-0.05, 0) is 30.2 Å². The van der Waals surface area contributed by atoms with Crippen LogP contribution in [0.2, 0.25) is 0 Å². The third-order valence-electron chi connectivity index (χ3n) is 5.83. The molecule has 1 atom stereocenters. The maximum absolute atomic E-state index is 5.48. The molecule has 5 heteroatoms. The Morgan fingerprint density at radius 2 is 1.54 bits per heavy atom. The number of quaternary nitrogens is 1. The number of piperazine rings is 1. The highest BCUT2D eigenvalue weighted by molar-refractivity contribution is 5.53. The minimum Gasteiger partial charge on any atom is -0.493 e. The van der Waals surface area contributed by atoms with Crippen LogP contribution in [0.25, 0.3) is 0 Å². The van der Waals surface area contributed by atoms with Gasteiger partial charge in [-0.25, -0.2) is 0 Å². The second kappa shape index (κ2) is 9.80. The van der Waals surface area contributed by atoms with Crippen molar-refractivity contribution in [3.8, 4) is 17.2 Å². The van der Waals surface area contributed by atoms with E-state index in [-0.39, 0.29) is 0 Å². The van der Waals surface area contributed by atoms with Crippen molar-refractivity contribution in [2.24, 2.45) is 0 Å². The number of hydrogen-bond donors (Lipinski definition) is 1. The number of rotatable bonds is 8. The maximum atomic E-state index is 5.48. The summed E-state index contributed by atoms with van der Waals surface area (Å²) < 4.78 is 16.4. The topological polar surface area (TPSA) is 35.4 Å². The summed E-state index contributed by atoms with van der Waals surface area (Å²) in [4.78, 5) is 4.25. The van der Waals surface area contributed by atoms with Gasteiger partial charge in [0.2, 0.25) is 5.75 Å². The van der Waals surface area contributed by atoms with Crippen LogP contribution in [0.3, 0.4) is 0 Å². The Bertz CT molecular complexity index is 718. The summed E-state index contributed by atoms with van der Waals surface area (Å²) in [5, 5.41) is 0. The van der Waals surface area contributed by atoms with Crippen LogP contribution in [0.1, 0.15) is 24.1 Å². The first-order chi connectivity index (χ1) is 13.7. The van der Waals surface area contributed by atoms with E-state index in [1.165, 1.54) is 24.2 Å². The van der Waals surface area contributed by atoms with Gasteiger partial charge in [0, 0.05) is 25.6 Å². The largest absolute Gasteiger partial charge is 0.493 e. The summed E-state index contributed by atoms with van der Waals surface area (Å²) in [6, 6.07) is 15.4. The highest BCUT2D eigenvalue weighted by atomic mass is 16.5. The fraction of sp³-hybridized carbons (Fsp3) is 0.478. The van der Waals surface area contributed by atoms with Crippen LogP contribution >= 0.6 is 0 Å². The second-order valence-electron chi connectivity index (χ2n) is 7.41. The Balaban J connectivity index is 1.54. The van der Waals surface area contributed by atoms with Crippen molar-refractivity contribution in [2.45, 2.75) is 19.4 Å². The van der Waals surface area contributed by atoms with E-state index in [9.17, 15) is 0 Å². The molecular weight excluding hydrogens is 352 g/mol. The average molecular weight is 386 g/mol. The Morgan fingerprint density at radius 3 is 2.07 bits per heavy atom. The van der Waals surface area contributed by atoms with Gasteiger partial charge < -0.3 is 19.1 Å². The normalized spacial score (nSPS) is 16.6. The quantitative estimate of drug-likeness (QED) is 0.756. The number of nitrogens with zero attached hydrogens (tertiary/aromatic N) is 1. The molecule has 1 fully saturated rings.